The van der Waals surface area contributed by atoms with Gasteiger partial charge in [0.2, 0.25) is 0 Å². The van der Waals surface area contributed by atoms with Gasteiger partial charge < -0.3 is 15.7 Å². The molecule has 0 radical (unpaired) electrons. The predicted molar refractivity (Wildman–Crippen MR) is 51.6 cm³/mol. The van der Waals surface area contributed by atoms with Crippen molar-refractivity contribution in [3.05, 3.63) is 0 Å². The van der Waals surface area contributed by atoms with Gasteiger partial charge in [0.15, 0.2) is 0 Å². The lowest BCUT2D eigenvalue weighted by molar-refractivity contribution is -0.129. The summed E-state index contributed by atoms with van der Waals surface area (Å²) in [7, 11) is 0. The minimum absolute atomic E-state index is 0.0203. The highest BCUT2D eigenvalue weighted by atomic mass is 16.4. The molecule has 0 spiro atoms. The van der Waals surface area contributed by atoms with Crippen LogP contribution in [0, 0.1) is 5.41 Å². The first kappa shape index (κ1) is 12.4. The molecule has 0 heterocycles. The van der Waals surface area contributed by atoms with E-state index in [1.807, 2.05) is 0 Å². The molecule has 0 saturated carbocycles. The van der Waals surface area contributed by atoms with Crippen molar-refractivity contribution in [3.63, 3.8) is 0 Å². The summed E-state index contributed by atoms with van der Waals surface area (Å²) in [6.07, 6.45) is 0.0203. The number of nitrogens with one attached hydrogen (secondary N) is 3. The van der Waals surface area contributed by atoms with E-state index in [1.165, 1.54) is 0 Å². The van der Waals surface area contributed by atoms with Crippen LogP contribution in [0.3, 0.4) is 0 Å². The number of aliphatic carboxylic acids is 1. The summed E-state index contributed by atoms with van der Waals surface area (Å²) in [5.41, 5.74) is -0.408. The van der Waals surface area contributed by atoms with Gasteiger partial charge in [0, 0.05) is 19.0 Å². The Kier molecular flexibility index (Phi) is 5.28. The highest BCUT2D eigenvalue weighted by molar-refractivity contribution is 6.34. The van der Waals surface area contributed by atoms with Crippen LogP contribution < -0.4 is 10.6 Å². The van der Waals surface area contributed by atoms with Crippen LogP contribution in [0.15, 0.2) is 0 Å². The van der Waals surface area contributed by atoms with Crippen molar-refractivity contribution in [2.24, 2.45) is 0 Å². The summed E-state index contributed by atoms with van der Waals surface area (Å²) in [6, 6.07) is -0.705. The van der Waals surface area contributed by atoms with E-state index < -0.39 is 11.7 Å². The largest absolute Gasteiger partial charge is 0.477 e. The fourth-order valence-electron chi connectivity index (χ4n) is 0.880. The van der Waals surface area contributed by atoms with Gasteiger partial charge in [-0.25, -0.2) is 9.59 Å². The second kappa shape index (κ2) is 5.95. The van der Waals surface area contributed by atoms with E-state index in [0.29, 0.717) is 6.54 Å². The molecule has 0 aliphatic carbocycles. The first-order chi connectivity index (χ1) is 6.47. The molecule has 6 nitrogen and oxygen atoms in total. The number of carbonyl (C=O) groups excluding carboxylic acids is 1. The molecule has 0 bridgehead atoms. The number of hydrogen-bond donors (Lipinski definition) is 4. The normalized spacial score (nSPS) is 11.6. The van der Waals surface area contributed by atoms with Crippen molar-refractivity contribution >= 4 is 17.7 Å². The van der Waals surface area contributed by atoms with E-state index in [1.54, 1.807) is 13.8 Å². The van der Waals surface area contributed by atoms with Crippen molar-refractivity contribution < 1.29 is 14.7 Å². The maximum atomic E-state index is 11.0. The first-order valence-corrected chi connectivity index (χ1v) is 4.32. The maximum Gasteiger partial charge on any atom is 0.349 e. The van der Waals surface area contributed by atoms with Crippen LogP contribution in [-0.4, -0.2) is 35.4 Å². The van der Waals surface area contributed by atoms with Crippen LogP contribution in [0.2, 0.25) is 0 Å². The summed E-state index contributed by atoms with van der Waals surface area (Å²) in [5, 5.41) is 20.5. The number of carbonyl (C=O) groups is 2. The highest BCUT2D eigenvalue weighted by Gasteiger charge is 2.13. The molecule has 80 valence electrons. The van der Waals surface area contributed by atoms with Crippen molar-refractivity contribution in [1.82, 2.24) is 10.6 Å². The van der Waals surface area contributed by atoms with Crippen LogP contribution in [0.25, 0.3) is 0 Å². The molecule has 14 heavy (non-hydrogen) atoms. The Bertz CT molecular complexity index is 240. The molecule has 0 aliphatic heterocycles. The summed E-state index contributed by atoms with van der Waals surface area (Å²) in [5.74, 6) is -1.26. The summed E-state index contributed by atoms with van der Waals surface area (Å²) in [4.78, 5) is 21.3. The second-order valence-corrected chi connectivity index (χ2v) is 2.89. The van der Waals surface area contributed by atoms with Gasteiger partial charge in [-0.3, -0.25) is 5.41 Å². The molecular formula is C8H15N3O3. The summed E-state index contributed by atoms with van der Waals surface area (Å²) >= 11 is 0. The first-order valence-electron chi connectivity index (χ1n) is 4.32. The smallest absolute Gasteiger partial charge is 0.349 e. The zero-order chi connectivity index (χ0) is 11.1. The zero-order valence-corrected chi connectivity index (χ0v) is 8.26. The Morgan fingerprint density at radius 3 is 2.50 bits per heavy atom. The third kappa shape index (κ3) is 5.13. The number of carboxylic acids is 1. The lowest BCUT2D eigenvalue weighted by Crippen LogP contribution is -2.42. The van der Waals surface area contributed by atoms with Gasteiger partial charge in [0.25, 0.3) is 0 Å². The molecule has 0 saturated heterocycles. The SMILES string of the molecule is CCNC(=O)NC(C)CC(=N)C(=O)O. The van der Waals surface area contributed by atoms with Gasteiger partial charge in [-0.05, 0) is 13.8 Å². The Morgan fingerprint density at radius 1 is 1.50 bits per heavy atom. The molecule has 4 N–H and O–H groups in total. The molecule has 0 fully saturated rings. The molecule has 0 aliphatic rings. The average molecular weight is 201 g/mol. The molecule has 0 aromatic heterocycles. The fraction of sp³-hybridized carbons (Fsp3) is 0.625. The van der Waals surface area contributed by atoms with Gasteiger partial charge in [0.05, 0.1) is 0 Å². The fourth-order valence-corrected chi connectivity index (χ4v) is 0.880. The van der Waals surface area contributed by atoms with Crippen molar-refractivity contribution in [2.45, 2.75) is 26.3 Å². The average Bonchev–Trinajstić information content (AvgIpc) is 2.03. The van der Waals surface area contributed by atoms with Gasteiger partial charge in [0.1, 0.15) is 5.71 Å². The van der Waals surface area contributed by atoms with E-state index in [-0.39, 0.29) is 18.5 Å². The lowest BCUT2D eigenvalue weighted by atomic mass is 10.1. The van der Waals surface area contributed by atoms with E-state index in [9.17, 15) is 9.59 Å². The van der Waals surface area contributed by atoms with Crippen molar-refractivity contribution in [1.29, 1.82) is 5.41 Å². The highest BCUT2D eigenvalue weighted by Crippen LogP contribution is 1.92. The standard InChI is InChI=1S/C8H15N3O3/c1-3-10-8(14)11-5(2)4-6(9)7(12)13/h5,9H,3-4H2,1-2H3,(H,12,13)(H2,10,11,14). The van der Waals surface area contributed by atoms with Gasteiger partial charge in [-0.1, -0.05) is 0 Å². The van der Waals surface area contributed by atoms with Crippen LogP contribution in [0.4, 0.5) is 4.79 Å². The number of rotatable bonds is 5. The van der Waals surface area contributed by atoms with E-state index in [0.717, 1.165) is 0 Å². The molecule has 1 atom stereocenters. The topological polar surface area (TPSA) is 102 Å². The predicted octanol–water partition coefficient (Wildman–Crippen LogP) is 0.188. The van der Waals surface area contributed by atoms with Crippen LogP contribution >= 0.6 is 0 Å². The molecule has 0 rings (SSSR count). The Hall–Kier alpha value is -1.59. The van der Waals surface area contributed by atoms with E-state index in [4.69, 9.17) is 10.5 Å². The Balaban J connectivity index is 3.86. The Morgan fingerprint density at radius 2 is 2.07 bits per heavy atom. The molecule has 2 amide bonds. The maximum absolute atomic E-state index is 11.0. The zero-order valence-electron chi connectivity index (χ0n) is 8.26. The van der Waals surface area contributed by atoms with Crippen LogP contribution in [0.5, 0.6) is 0 Å². The number of hydrogen-bond acceptors (Lipinski definition) is 3. The van der Waals surface area contributed by atoms with Gasteiger partial charge in [-0.15, -0.1) is 0 Å². The molecule has 0 aromatic rings. The molecular weight excluding hydrogens is 186 g/mol. The Labute approximate surface area is 82.2 Å². The quantitative estimate of drug-likeness (QED) is 0.477. The molecule has 1 unspecified atom stereocenters. The minimum Gasteiger partial charge on any atom is -0.477 e. The third-order valence-corrected chi connectivity index (χ3v) is 1.48. The van der Waals surface area contributed by atoms with Crippen LogP contribution in [0.1, 0.15) is 20.3 Å². The number of carboxylic acid groups (broad SMARTS) is 1. The van der Waals surface area contributed by atoms with E-state index >= 15 is 0 Å². The van der Waals surface area contributed by atoms with Crippen LogP contribution in [-0.2, 0) is 4.79 Å². The molecule has 6 heteroatoms. The monoisotopic (exact) mass is 201 g/mol. The van der Waals surface area contributed by atoms with Gasteiger partial charge in [-0.2, -0.15) is 0 Å². The number of amides is 2. The second-order valence-electron chi connectivity index (χ2n) is 2.89. The number of urea groups is 1. The van der Waals surface area contributed by atoms with Crippen molar-refractivity contribution in [3.8, 4) is 0 Å². The minimum atomic E-state index is -1.26. The van der Waals surface area contributed by atoms with E-state index in [2.05, 4.69) is 10.6 Å². The lowest BCUT2D eigenvalue weighted by Gasteiger charge is -2.12. The molecule has 0 aromatic carbocycles. The summed E-state index contributed by atoms with van der Waals surface area (Å²) < 4.78 is 0. The van der Waals surface area contributed by atoms with Gasteiger partial charge >= 0.3 is 12.0 Å². The summed E-state index contributed by atoms with van der Waals surface area (Å²) in [6.45, 7) is 3.94. The third-order valence-electron chi connectivity index (χ3n) is 1.48. The van der Waals surface area contributed by atoms with Crippen molar-refractivity contribution in [2.75, 3.05) is 6.54 Å².